The third kappa shape index (κ3) is 13.8. The fourth-order valence-corrected chi connectivity index (χ4v) is 1.25. The van der Waals surface area contributed by atoms with E-state index in [0.717, 1.165) is 0 Å². The van der Waals surface area contributed by atoms with E-state index in [1.807, 2.05) is 20.8 Å². The maximum atomic E-state index is 8.13. The fraction of sp³-hybridized carbons (Fsp3) is 1.00. The van der Waals surface area contributed by atoms with Crippen LogP contribution in [0.1, 0.15) is 47.5 Å². The molecule has 0 bridgehead atoms. The monoisotopic (exact) mass is 268 g/mol. The lowest BCUT2D eigenvalue weighted by molar-refractivity contribution is -0.365. The molecule has 0 amide bonds. The normalized spacial score (nSPS) is 12.0. The van der Waals surface area contributed by atoms with E-state index in [1.165, 1.54) is 0 Å². The van der Waals surface area contributed by atoms with E-state index >= 15 is 0 Å². The van der Waals surface area contributed by atoms with Gasteiger partial charge in [-0.25, -0.2) is 0 Å². The Labute approximate surface area is 109 Å². The molecule has 0 aromatic carbocycles. The van der Waals surface area contributed by atoms with Crippen LogP contribution in [-0.4, -0.2) is 47.1 Å². The highest BCUT2D eigenvalue weighted by atomic mass is 16.9. The molecule has 0 radical (unpaired) electrons. The summed E-state index contributed by atoms with van der Waals surface area (Å²) < 4.78 is 15.8. The average Bonchev–Trinajstić information content (AvgIpc) is 2.17. The van der Waals surface area contributed by atoms with E-state index in [2.05, 4.69) is 0 Å². The SMILES string of the molecule is CCCC(O)(O)O.CCOC(C)(OCC)OCC. The molecule has 18 heavy (non-hydrogen) atoms. The number of hydrogen-bond acceptors (Lipinski definition) is 6. The molecule has 0 spiro atoms. The summed E-state index contributed by atoms with van der Waals surface area (Å²) in [6.45, 7) is 11.0. The Kier molecular flexibility index (Phi) is 11.9. The van der Waals surface area contributed by atoms with Crippen LogP contribution in [0.5, 0.6) is 0 Å². The van der Waals surface area contributed by atoms with Crippen LogP contribution in [0.3, 0.4) is 0 Å². The smallest absolute Gasteiger partial charge is 0.279 e. The zero-order chi connectivity index (χ0) is 14.7. The van der Waals surface area contributed by atoms with Crippen LogP contribution in [-0.2, 0) is 14.2 Å². The lowest BCUT2D eigenvalue weighted by Crippen LogP contribution is -2.35. The van der Waals surface area contributed by atoms with Crippen molar-refractivity contribution in [3.63, 3.8) is 0 Å². The van der Waals surface area contributed by atoms with Gasteiger partial charge in [0.05, 0.1) is 0 Å². The second kappa shape index (κ2) is 10.7. The Bertz CT molecular complexity index is 161. The molecule has 0 saturated carbocycles. The molecule has 0 rings (SSSR count). The lowest BCUT2D eigenvalue weighted by Gasteiger charge is -2.27. The molecule has 0 heterocycles. The molecular weight excluding hydrogens is 240 g/mol. The van der Waals surface area contributed by atoms with Crippen LogP contribution < -0.4 is 0 Å². The van der Waals surface area contributed by atoms with Crippen molar-refractivity contribution in [2.45, 2.75) is 59.4 Å². The molecular formula is C12H28O6. The number of hydrogen-bond donors (Lipinski definition) is 3. The van der Waals surface area contributed by atoms with E-state index in [1.54, 1.807) is 13.8 Å². The van der Waals surface area contributed by atoms with E-state index in [0.29, 0.717) is 26.2 Å². The predicted molar refractivity (Wildman–Crippen MR) is 67.6 cm³/mol. The van der Waals surface area contributed by atoms with Gasteiger partial charge >= 0.3 is 0 Å². The third-order valence-electron chi connectivity index (χ3n) is 1.80. The van der Waals surface area contributed by atoms with Crippen LogP contribution >= 0.6 is 0 Å². The van der Waals surface area contributed by atoms with Crippen molar-refractivity contribution in [2.24, 2.45) is 0 Å². The first kappa shape index (κ1) is 20.1. The van der Waals surface area contributed by atoms with E-state index in [4.69, 9.17) is 29.5 Å². The Morgan fingerprint density at radius 2 is 1.11 bits per heavy atom. The maximum Gasteiger partial charge on any atom is 0.279 e. The third-order valence-corrected chi connectivity index (χ3v) is 1.80. The summed E-state index contributed by atoms with van der Waals surface area (Å²) in [7, 11) is 0. The molecule has 0 aromatic rings. The highest BCUT2D eigenvalue weighted by Crippen LogP contribution is 2.13. The van der Waals surface area contributed by atoms with Gasteiger partial charge in [-0.1, -0.05) is 6.92 Å². The van der Waals surface area contributed by atoms with Crippen molar-refractivity contribution in [1.29, 1.82) is 0 Å². The molecule has 0 saturated heterocycles. The van der Waals surface area contributed by atoms with Crippen LogP contribution in [0.25, 0.3) is 0 Å². The van der Waals surface area contributed by atoms with Crippen molar-refractivity contribution < 1.29 is 29.5 Å². The summed E-state index contributed by atoms with van der Waals surface area (Å²) in [4.78, 5) is 0. The van der Waals surface area contributed by atoms with Crippen LogP contribution in [0.4, 0.5) is 0 Å². The zero-order valence-corrected chi connectivity index (χ0v) is 12.1. The predicted octanol–water partition coefficient (Wildman–Crippen LogP) is 1.19. The Balaban J connectivity index is 0. The van der Waals surface area contributed by atoms with Crippen molar-refractivity contribution in [3.8, 4) is 0 Å². The molecule has 112 valence electrons. The summed E-state index contributed by atoms with van der Waals surface area (Å²) in [6.07, 6.45) is 0.566. The van der Waals surface area contributed by atoms with Gasteiger partial charge in [0, 0.05) is 33.2 Å². The minimum absolute atomic E-state index is 0.00694. The minimum atomic E-state index is -2.45. The minimum Gasteiger partial charge on any atom is -0.344 e. The highest BCUT2D eigenvalue weighted by molar-refractivity contribution is 4.45. The quantitative estimate of drug-likeness (QED) is 0.573. The Morgan fingerprint density at radius 1 is 0.778 bits per heavy atom. The molecule has 0 aliphatic rings. The molecule has 3 N–H and O–H groups in total. The molecule has 6 heteroatoms. The van der Waals surface area contributed by atoms with Crippen molar-refractivity contribution in [3.05, 3.63) is 0 Å². The molecule has 0 atom stereocenters. The van der Waals surface area contributed by atoms with Gasteiger partial charge < -0.3 is 29.5 Å². The first-order chi connectivity index (χ1) is 8.24. The molecule has 0 aliphatic carbocycles. The van der Waals surface area contributed by atoms with Gasteiger partial charge in [-0.15, -0.1) is 0 Å². The molecule has 0 unspecified atom stereocenters. The molecule has 0 aliphatic heterocycles. The van der Waals surface area contributed by atoms with Gasteiger partial charge in [0.1, 0.15) is 0 Å². The van der Waals surface area contributed by atoms with Crippen LogP contribution in [0.2, 0.25) is 0 Å². The zero-order valence-electron chi connectivity index (χ0n) is 12.1. The Morgan fingerprint density at radius 3 is 1.22 bits per heavy atom. The van der Waals surface area contributed by atoms with Crippen molar-refractivity contribution in [1.82, 2.24) is 0 Å². The number of ether oxygens (including phenoxy) is 3. The van der Waals surface area contributed by atoms with Gasteiger partial charge in [0.15, 0.2) is 0 Å². The number of rotatable bonds is 8. The summed E-state index contributed by atoms with van der Waals surface area (Å²) in [6, 6.07) is 0. The van der Waals surface area contributed by atoms with Crippen LogP contribution in [0, 0.1) is 0 Å². The number of aliphatic hydroxyl groups is 3. The van der Waals surface area contributed by atoms with Crippen molar-refractivity contribution >= 4 is 0 Å². The molecule has 6 nitrogen and oxygen atoms in total. The van der Waals surface area contributed by atoms with Gasteiger partial charge in [0.2, 0.25) is 0 Å². The summed E-state index contributed by atoms with van der Waals surface area (Å²) in [5.41, 5.74) is 0. The largest absolute Gasteiger partial charge is 0.344 e. The first-order valence-corrected chi connectivity index (χ1v) is 6.33. The van der Waals surface area contributed by atoms with Crippen molar-refractivity contribution in [2.75, 3.05) is 19.8 Å². The molecule has 0 fully saturated rings. The highest BCUT2D eigenvalue weighted by Gasteiger charge is 2.24. The van der Waals surface area contributed by atoms with Gasteiger partial charge in [-0.05, 0) is 27.2 Å². The van der Waals surface area contributed by atoms with Gasteiger partial charge in [-0.2, -0.15) is 0 Å². The fourth-order valence-electron chi connectivity index (χ4n) is 1.25. The second-order valence-electron chi connectivity index (χ2n) is 3.69. The maximum absolute atomic E-state index is 8.13. The lowest BCUT2D eigenvalue weighted by atomic mass is 10.3. The van der Waals surface area contributed by atoms with E-state index in [-0.39, 0.29) is 6.42 Å². The summed E-state index contributed by atoms with van der Waals surface area (Å²) >= 11 is 0. The second-order valence-corrected chi connectivity index (χ2v) is 3.69. The van der Waals surface area contributed by atoms with Gasteiger partial charge in [-0.3, -0.25) is 0 Å². The standard InChI is InChI=1S/C8H18O3.C4H10O3/c1-5-9-8(4,10-6-2)11-7-3;1-2-3-4(5,6)7/h5-7H2,1-4H3;5-7H,2-3H2,1H3. The summed E-state index contributed by atoms with van der Waals surface area (Å²) in [5, 5.41) is 24.4. The van der Waals surface area contributed by atoms with E-state index < -0.39 is 11.9 Å². The topological polar surface area (TPSA) is 88.4 Å². The van der Waals surface area contributed by atoms with Crippen LogP contribution in [0.15, 0.2) is 0 Å². The molecule has 0 aromatic heterocycles. The summed E-state index contributed by atoms with van der Waals surface area (Å²) in [5.74, 6) is -3.30. The van der Waals surface area contributed by atoms with Gasteiger partial charge in [0.25, 0.3) is 11.9 Å². The average molecular weight is 268 g/mol. The van der Waals surface area contributed by atoms with E-state index in [9.17, 15) is 0 Å². The Hall–Kier alpha value is -0.240. The first-order valence-electron chi connectivity index (χ1n) is 6.33.